The highest BCUT2D eigenvalue weighted by Gasteiger charge is 2.30. The lowest BCUT2D eigenvalue weighted by Gasteiger charge is -2.33. The smallest absolute Gasteiger partial charge is 0.253 e. The summed E-state index contributed by atoms with van der Waals surface area (Å²) in [5.74, 6) is -0.282. The molecule has 0 bridgehead atoms. The van der Waals surface area contributed by atoms with E-state index in [0.29, 0.717) is 25.1 Å². The van der Waals surface area contributed by atoms with Gasteiger partial charge in [-0.1, -0.05) is 26.2 Å². The highest BCUT2D eigenvalue weighted by atomic mass is 32.2. The minimum absolute atomic E-state index is 0.0574. The largest absolute Gasteiger partial charge is 0.353 e. The van der Waals surface area contributed by atoms with Gasteiger partial charge in [-0.05, 0) is 63.3 Å². The molecular formula is C23H35N3O4S. The van der Waals surface area contributed by atoms with Crippen molar-refractivity contribution < 1.29 is 18.0 Å². The van der Waals surface area contributed by atoms with Crippen LogP contribution < -0.4 is 10.0 Å². The normalized spacial score (nSPS) is 21.5. The molecule has 1 aromatic carbocycles. The van der Waals surface area contributed by atoms with Crippen LogP contribution in [0.5, 0.6) is 0 Å². The van der Waals surface area contributed by atoms with Crippen LogP contribution >= 0.6 is 0 Å². The number of piperidine rings is 1. The summed E-state index contributed by atoms with van der Waals surface area (Å²) >= 11 is 0. The molecular weight excluding hydrogens is 414 g/mol. The summed E-state index contributed by atoms with van der Waals surface area (Å²) < 4.78 is 27.4. The van der Waals surface area contributed by atoms with Gasteiger partial charge in [0, 0.05) is 30.7 Å². The Bertz CT molecular complexity index is 863. The minimum Gasteiger partial charge on any atom is -0.353 e. The Kier molecular flexibility index (Phi) is 8.11. The predicted molar refractivity (Wildman–Crippen MR) is 120 cm³/mol. The molecule has 1 aliphatic heterocycles. The number of carbonyl (C=O) groups is 2. The summed E-state index contributed by atoms with van der Waals surface area (Å²) in [5, 5.41) is 3.18. The van der Waals surface area contributed by atoms with Crippen molar-refractivity contribution in [3.8, 4) is 0 Å². The van der Waals surface area contributed by atoms with E-state index in [9.17, 15) is 18.0 Å². The molecule has 3 rings (SSSR count). The first-order valence-electron chi connectivity index (χ1n) is 11.5. The Balaban J connectivity index is 1.60. The highest BCUT2D eigenvalue weighted by molar-refractivity contribution is 7.89. The van der Waals surface area contributed by atoms with Crippen molar-refractivity contribution in [2.24, 2.45) is 5.92 Å². The zero-order chi connectivity index (χ0) is 22.4. The van der Waals surface area contributed by atoms with Crippen molar-refractivity contribution in [1.29, 1.82) is 0 Å². The van der Waals surface area contributed by atoms with E-state index in [0.717, 1.165) is 25.7 Å². The highest BCUT2D eigenvalue weighted by Crippen LogP contribution is 2.22. The lowest BCUT2D eigenvalue weighted by atomic mass is 9.93. The molecule has 2 fully saturated rings. The van der Waals surface area contributed by atoms with Gasteiger partial charge in [0.15, 0.2) is 0 Å². The van der Waals surface area contributed by atoms with Gasteiger partial charge in [-0.25, -0.2) is 13.1 Å². The Hall–Kier alpha value is -1.93. The van der Waals surface area contributed by atoms with Crippen LogP contribution in [0.1, 0.15) is 75.6 Å². The predicted octanol–water partition coefficient (Wildman–Crippen LogP) is 3.06. The SMILES string of the molecule is CCC(C)NS(=O)(=O)c1ccc(C(=O)N2CCCC(C(=O)NC3CCCCC3)C2)cc1. The number of carbonyl (C=O) groups excluding carboxylic acids is 2. The monoisotopic (exact) mass is 449 g/mol. The molecule has 0 spiro atoms. The van der Waals surface area contributed by atoms with Crippen LogP contribution in [0.4, 0.5) is 0 Å². The summed E-state index contributed by atoms with van der Waals surface area (Å²) in [5.41, 5.74) is 0.441. The summed E-state index contributed by atoms with van der Waals surface area (Å²) in [4.78, 5) is 27.6. The molecule has 2 unspecified atom stereocenters. The van der Waals surface area contributed by atoms with Gasteiger partial charge in [0.2, 0.25) is 15.9 Å². The molecule has 1 saturated heterocycles. The standard InChI is InChI=1S/C23H35N3O4S/c1-3-17(2)25-31(29,30)21-13-11-18(12-14-21)23(28)26-15-7-8-19(16-26)22(27)24-20-9-5-4-6-10-20/h11-14,17,19-20,25H,3-10,15-16H2,1-2H3,(H,24,27). The number of hydrogen-bond acceptors (Lipinski definition) is 4. The Morgan fingerprint density at radius 2 is 1.74 bits per heavy atom. The molecule has 1 heterocycles. The maximum absolute atomic E-state index is 13.0. The third-order valence-electron chi connectivity index (χ3n) is 6.41. The molecule has 31 heavy (non-hydrogen) atoms. The van der Waals surface area contributed by atoms with E-state index in [2.05, 4.69) is 10.0 Å². The second-order valence-corrected chi connectivity index (χ2v) is 10.6. The topological polar surface area (TPSA) is 95.6 Å². The van der Waals surface area contributed by atoms with Crippen molar-refractivity contribution in [2.45, 2.75) is 82.2 Å². The zero-order valence-corrected chi connectivity index (χ0v) is 19.4. The molecule has 172 valence electrons. The summed E-state index contributed by atoms with van der Waals surface area (Å²) in [6, 6.07) is 6.16. The average Bonchev–Trinajstić information content (AvgIpc) is 2.79. The summed E-state index contributed by atoms with van der Waals surface area (Å²) in [6.45, 7) is 4.75. The van der Waals surface area contributed by atoms with E-state index in [-0.39, 0.29) is 34.7 Å². The molecule has 1 saturated carbocycles. The quantitative estimate of drug-likeness (QED) is 0.669. The number of benzene rings is 1. The van der Waals surface area contributed by atoms with Gasteiger partial charge >= 0.3 is 0 Å². The second-order valence-electron chi connectivity index (χ2n) is 8.89. The zero-order valence-electron chi connectivity index (χ0n) is 18.6. The first-order chi connectivity index (χ1) is 14.8. The number of nitrogens with one attached hydrogen (secondary N) is 2. The lowest BCUT2D eigenvalue weighted by Crippen LogP contribution is -2.47. The first kappa shape index (κ1) is 23.7. The molecule has 2 aliphatic rings. The maximum Gasteiger partial charge on any atom is 0.253 e. The molecule has 7 nitrogen and oxygen atoms in total. The molecule has 2 N–H and O–H groups in total. The van der Waals surface area contributed by atoms with E-state index in [1.54, 1.807) is 17.0 Å². The Morgan fingerprint density at radius 3 is 2.39 bits per heavy atom. The fraction of sp³-hybridized carbons (Fsp3) is 0.652. The number of rotatable bonds is 7. The second kappa shape index (κ2) is 10.6. The van der Waals surface area contributed by atoms with Crippen molar-refractivity contribution in [2.75, 3.05) is 13.1 Å². The maximum atomic E-state index is 13.0. The molecule has 1 aliphatic carbocycles. The van der Waals surface area contributed by atoms with Crippen molar-refractivity contribution >= 4 is 21.8 Å². The van der Waals surface area contributed by atoms with E-state index >= 15 is 0 Å². The van der Waals surface area contributed by atoms with E-state index in [1.807, 2.05) is 13.8 Å². The summed E-state index contributed by atoms with van der Waals surface area (Å²) in [6.07, 6.45) is 7.94. The van der Waals surface area contributed by atoms with E-state index in [1.165, 1.54) is 31.4 Å². The van der Waals surface area contributed by atoms with Gasteiger partial charge in [-0.2, -0.15) is 0 Å². The lowest BCUT2D eigenvalue weighted by molar-refractivity contribution is -0.127. The van der Waals surface area contributed by atoms with E-state index in [4.69, 9.17) is 0 Å². The van der Waals surface area contributed by atoms with Crippen molar-refractivity contribution in [3.05, 3.63) is 29.8 Å². The van der Waals surface area contributed by atoms with Crippen LogP contribution in [-0.2, 0) is 14.8 Å². The number of hydrogen-bond donors (Lipinski definition) is 2. The van der Waals surface area contributed by atoms with Crippen molar-refractivity contribution in [3.63, 3.8) is 0 Å². The molecule has 2 amide bonds. The van der Waals surface area contributed by atoms with Gasteiger partial charge in [0.1, 0.15) is 0 Å². The molecule has 1 aromatic rings. The van der Waals surface area contributed by atoms with Crippen LogP contribution in [0.15, 0.2) is 29.2 Å². The van der Waals surface area contributed by atoms with Crippen LogP contribution in [-0.4, -0.2) is 50.3 Å². The third kappa shape index (κ3) is 6.29. The fourth-order valence-electron chi connectivity index (χ4n) is 4.32. The van der Waals surface area contributed by atoms with Crippen molar-refractivity contribution in [1.82, 2.24) is 14.9 Å². The number of sulfonamides is 1. The van der Waals surface area contributed by atoms with Gasteiger partial charge in [0.05, 0.1) is 10.8 Å². The Labute approximate surface area is 186 Å². The first-order valence-corrected chi connectivity index (χ1v) is 13.0. The molecule has 0 aromatic heterocycles. The number of nitrogens with zero attached hydrogens (tertiary/aromatic N) is 1. The number of likely N-dealkylation sites (tertiary alicyclic amines) is 1. The van der Waals surface area contributed by atoms with Crippen LogP contribution in [0.25, 0.3) is 0 Å². The van der Waals surface area contributed by atoms with E-state index < -0.39 is 10.0 Å². The molecule has 0 radical (unpaired) electrons. The minimum atomic E-state index is -3.60. The molecule has 8 heteroatoms. The third-order valence-corrected chi connectivity index (χ3v) is 8.02. The molecule has 2 atom stereocenters. The summed E-state index contributed by atoms with van der Waals surface area (Å²) in [7, 11) is -3.60. The Morgan fingerprint density at radius 1 is 1.06 bits per heavy atom. The van der Waals surface area contributed by atoms with Gasteiger partial charge < -0.3 is 10.2 Å². The average molecular weight is 450 g/mol. The van der Waals surface area contributed by atoms with Crippen LogP contribution in [0.3, 0.4) is 0 Å². The van der Waals surface area contributed by atoms with Gasteiger partial charge in [-0.3, -0.25) is 9.59 Å². The van der Waals surface area contributed by atoms with Crippen LogP contribution in [0, 0.1) is 5.92 Å². The van der Waals surface area contributed by atoms with Gasteiger partial charge in [0.25, 0.3) is 5.91 Å². The fourth-order valence-corrected chi connectivity index (χ4v) is 5.64. The van der Waals surface area contributed by atoms with Gasteiger partial charge in [-0.15, -0.1) is 0 Å². The number of amides is 2. The van der Waals surface area contributed by atoms with Crippen LogP contribution in [0.2, 0.25) is 0 Å².